The largest absolute Gasteiger partial charge is 0.337 e. The van der Waals surface area contributed by atoms with Crippen LogP contribution in [0.25, 0.3) is 0 Å². The molecule has 0 heterocycles. The second-order valence-electron chi connectivity index (χ2n) is 4.79. The van der Waals surface area contributed by atoms with Gasteiger partial charge in [-0.2, -0.15) is 5.26 Å². The zero-order chi connectivity index (χ0) is 12.9. The Hall–Kier alpha value is -1.12. The van der Waals surface area contributed by atoms with Crippen LogP contribution in [0.1, 0.15) is 26.7 Å². The maximum absolute atomic E-state index is 11.8. The molecule has 1 amide bonds. The number of nitrogens with zero attached hydrogens (tertiary/aromatic N) is 2. The van der Waals surface area contributed by atoms with Gasteiger partial charge in [0.25, 0.3) is 0 Å². The van der Waals surface area contributed by atoms with E-state index in [-0.39, 0.29) is 5.91 Å². The van der Waals surface area contributed by atoms with Crippen LogP contribution in [0.2, 0.25) is 0 Å². The fraction of sp³-hybridized carbons (Fsp3) is 0.833. The normalized spacial score (nSPS) is 18.5. The number of amides is 1. The molecule has 5 heteroatoms. The molecule has 0 spiro atoms. The SMILES string of the molecule is CCN(CCN)CC(=O)NC(C)(C#N)C1CC1. The topological polar surface area (TPSA) is 82.2 Å². The highest BCUT2D eigenvalue weighted by Gasteiger charge is 2.43. The van der Waals surface area contributed by atoms with E-state index in [0.717, 1.165) is 19.4 Å². The molecular weight excluding hydrogens is 216 g/mol. The van der Waals surface area contributed by atoms with Crippen LogP contribution in [-0.2, 0) is 4.79 Å². The molecule has 1 aliphatic carbocycles. The Kier molecular flexibility index (Phi) is 4.91. The highest BCUT2D eigenvalue weighted by Crippen LogP contribution is 2.39. The van der Waals surface area contributed by atoms with E-state index in [1.807, 2.05) is 18.7 Å². The van der Waals surface area contributed by atoms with Crippen LogP contribution in [0.3, 0.4) is 0 Å². The Morgan fingerprint density at radius 2 is 2.29 bits per heavy atom. The molecule has 1 unspecified atom stereocenters. The van der Waals surface area contributed by atoms with Crippen molar-refractivity contribution in [3.05, 3.63) is 0 Å². The van der Waals surface area contributed by atoms with E-state index in [9.17, 15) is 4.79 Å². The lowest BCUT2D eigenvalue weighted by Gasteiger charge is -2.25. The van der Waals surface area contributed by atoms with E-state index in [1.54, 1.807) is 0 Å². The molecular formula is C12H22N4O. The molecule has 1 fully saturated rings. The lowest BCUT2D eigenvalue weighted by atomic mass is 9.98. The van der Waals surface area contributed by atoms with Gasteiger partial charge in [-0.05, 0) is 32.2 Å². The minimum absolute atomic E-state index is 0.0868. The maximum atomic E-state index is 11.8. The maximum Gasteiger partial charge on any atom is 0.235 e. The predicted octanol–water partition coefficient (Wildman–Crippen LogP) is 0.0755. The summed E-state index contributed by atoms with van der Waals surface area (Å²) in [6, 6.07) is 2.22. The number of carbonyl (C=O) groups is 1. The third kappa shape index (κ3) is 3.99. The second-order valence-corrected chi connectivity index (χ2v) is 4.79. The quantitative estimate of drug-likeness (QED) is 0.658. The van der Waals surface area contributed by atoms with Crippen molar-refractivity contribution in [2.75, 3.05) is 26.2 Å². The lowest BCUT2D eigenvalue weighted by molar-refractivity contribution is -0.123. The summed E-state index contributed by atoms with van der Waals surface area (Å²) in [7, 11) is 0. The molecule has 96 valence electrons. The number of nitrogens with one attached hydrogen (secondary N) is 1. The van der Waals surface area contributed by atoms with Crippen LogP contribution in [-0.4, -0.2) is 42.5 Å². The van der Waals surface area contributed by atoms with Crippen molar-refractivity contribution in [3.8, 4) is 6.07 Å². The fourth-order valence-electron chi connectivity index (χ4n) is 1.95. The molecule has 0 aromatic rings. The van der Waals surface area contributed by atoms with Gasteiger partial charge < -0.3 is 11.1 Å². The van der Waals surface area contributed by atoms with E-state index in [0.29, 0.717) is 25.6 Å². The van der Waals surface area contributed by atoms with Crippen LogP contribution in [0.5, 0.6) is 0 Å². The molecule has 17 heavy (non-hydrogen) atoms. The van der Waals surface area contributed by atoms with E-state index in [4.69, 9.17) is 11.0 Å². The number of rotatable bonds is 7. The summed E-state index contributed by atoms with van der Waals surface area (Å²) in [5, 5.41) is 12.0. The third-order valence-electron chi connectivity index (χ3n) is 3.28. The smallest absolute Gasteiger partial charge is 0.235 e. The molecule has 1 atom stereocenters. The van der Waals surface area contributed by atoms with Crippen LogP contribution < -0.4 is 11.1 Å². The van der Waals surface area contributed by atoms with Crippen molar-refractivity contribution in [2.24, 2.45) is 11.7 Å². The number of likely N-dealkylation sites (N-methyl/N-ethyl adjacent to an activating group) is 1. The molecule has 1 aliphatic rings. The molecule has 0 aromatic heterocycles. The third-order valence-corrected chi connectivity index (χ3v) is 3.28. The minimum Gasteiger partial charge on any atom is -0.337 e. The molecule has 1 saturated carbocycles. The number of nitriles is 1. The van der Waals surface area contributed by atoms with Crippen molar-refractivity contribution in [1.29, 1.82) is 5.26 Å². The number of nitrogens with two attached hydrogens (primary N) is 1. The first-order valence-corrected chi connectivity index (χ1v) is 6.20. The second kappa shape index (κ2) is 5.99. The van der Waals surface area contributed by atoms with Crippen LogP contribution in [0.4, 0.5) is 0 Å². The monoisotopic (exact) mass is 238 g/mol. The van der Waals surface area contributed by atoms with E-state index in [1.165, 1.54) is 0 Å². The highest BCUT2D eigenvalue weighted by atomic mass is 16.2. The van der Waals surface area contributed by atoms with Gasteiger partial charge in [0.1, 0.15) is 5.54 Å². The summed E-state index contributed by atoms with van der Waals surface area (Å²) in [6.45, 7) is 6.15. The van der Waals surface area contributed by atoms with Gasteiger partial charge in [-0.3, -0.25) is 9.69 Å². The Labute approximate surface area is 103 Å². The van der Waals surface area contributed by atoms with Crippen molar-refractivity contribution in [2.45, 2.75) is 32.2 Å². The molecule has 0 radical (unpaired) electrons. The van der Waals surface area contributed by atoms with E-state index >= 15 is 0 Å². The van der Waals surface area contributed by atoms with Gasteiger partial charge in [0.05, 0.1) is 12.6 Å². The van der Waals surface area contributed by atoms with Gasteiger partial charge >= 0.3 is 0 Å². The zero-order valence-corrected chi connectivity index (χ0v) is 10.7. The first-order chi connectivity index (χ1) is 8.05. The van der Waals surface area contributed by atoms with Crippen molar-refractivity contribution in [1.82, 2.24) is 10.2 Å². The predicted molar refractivity (Wildman–Crippen MR) is 66.1 cm³/mol. The number of hydrogen-bond donors (Lipinski definition) is 2. The summed E-state index contributed by atoms with van der Waals surface area (Å²) in [4.78, 5) is 13.8. The summed E-state index contributed by atoms with van der Waals surface area (Å²) in [6.07, 6.45) is 2.06. The molecule has 3 N–H and O–H groups in total. The van der Waals surface area contributed by atoms with Gasteiger partial charge in [0.2, 0.25) is 5.91 Å². The van der Waals surface area contributed by atoms with Crippen LogP contribution in [0, 0.1) is 17.2 Å². The summed E-state index contributed by atoms with van der Waals surface area (Å²) < 4.78 is 0. The summed E-state index contributed by atoms with van der Waals surface area (Å²) in [5.41, 5.74) is 4.77. The minimum atomic E-state index is -0.695. The Morgan fingerprint density at radius 3 is 2.71 bits per heavy atom. The molecule has 5 nitrogen and oxygen atoms in total. The fourth-order valence-corrected chi connectivity index (χ4v) is 1.95. The summed E-state index contributed by atoms with van der Waals surface area (Å²) >= 11 is 0. The molecule has 0 saturated heterocycles. The van der Waals surface area contributed by atoms with Gasteiger partial charge in [0, 0.05) is 13.1 Å². The first-order valence-electron chi connectivity index (χ1n) is 6.20. The lowest BCUT2D eigenvalue weighted by Crippen LogP contribution is -2.50. The number of hydrogen-bond acceptors (Lipinski definition) is 4. The van der Waals surface area contributed by atoms with Gasteiger partial charge in [-0.15, -0.1) is 0 Å². The standard InChI is InChI=1S/C12H22N4O/c1-3-16(7-6-13)8-11(17)15-12(2,9-14)10-4-5-10/h10H,3-8,13H2,1-2H3,(H,15,17). The van der Waals surface area contributed by atoms with Crippen LogP contribution >= 0.6 is 0 Å². The van der Waals surface area contributed by atoms with Gasteiger partial charge in [0.15, 0.2) is 0 Å². The Balaban J connectivity index is 2.45. The zero-order valence-electron chi connectivity index (χ0n) is 10.7. The van der Waals surface area contributed by atoms with Crippen molar-refractivity contribution in [3.63, 3.8) is 0 Å². The highest BCUT2D eigenvalue weighted by molar-refractivity contribution is 5.79. The van der Waals surface area contributed by atoms with Crippen molar-refractivity contribution >= 4 is 5.91 Å². The van der Waals surface area contributed by atoms with Crippen molar-refractivity contribution < 1.29 is 4.79 Å². The molecule has 0 aromatic carbocycles. The van der Waals surface area contributed by atoms with E-state index < -0.39 is 5.54 Å². The molecule has 0 aliphatic heterocycles. The first kappa shape index (κ1) is 13.9. The van der Waals surface area contributed by atoms with Gasteiger partial charge in [-0.1, -0.05) is 6.92 Å². The molecule has 1 rings (SSSR count). The Bertz CT molecular complexity index is 308. The van der Waals surface area contributed by atoms with Gasteiger partial charge in [-0.25, -0.2) is 0 Å². The Morgan fingerprint density at radius 1 is 1.65 bits per heavy atom. The summed E-state index contributed by atoms with van der Waals surface area (Å²) in [5.74, 6) is 0.234. The average molecular weight is 238 g/mol. The van der Waals surface area contributed by atoms with Crippen LogP contribution in [0.15, 0.2) is 0 Å². The molecule has 0 bridgehead atoms. The number of carbonyl (C=O) groups excluding carboxylic acids is 1. The average Bonchev–Trinajstić information content (AvgIpc) is 3.12. The van der Waals surface area contributed by atoms with E-state index in [2.05, 4.69) is 11.4 Å².